The van der Waals surface area contributed by atoms with Crippen LogP contribution in [-0.4, -0.2) is 28.0 Å². The number of thioether (sulfide) groups is 1. The van der Waals surface area contributed by atoms with Gasteiger partial charge in [-0.2, -0.15) is 0 Å². The van der Waals surface area contributed by atoms with Crippen molar-refractivity contribution in [3.05, 3.63) is 58.0 Å². The Balaban J connectivity index is 1.36. The summed E-state index contributed by atoms with van der Waals surface area (Å²) in [5.74, 6) is 2.29. The molecule has 0 N–H and O–H groups in total. The number of thiocarbonyl (C=S) groups is 1. The number of carbonyl (C=O) groups excluding carboxylic acids is 1. The molecule has 3 aliphatic heterocycles. The third-order valence-electron chi connectivity index (χ3n) is 4.87. The van der Waals surface area contributed by atoms with E-state index in [0.29, 0.717) is 21.5 Å². The molecule has 0 aliphatic carbocycles. The maximum Gasteiger partial charge on any atom is 0.266 e. The van der Waals surface area contributed by atoms with Gasteiger partial charge in [0, 0.05) is 6.42 Å². The predicted octanol–water partition coefficient (Wildman–Crippen LogP) is 4.14. The number of hydrogen-bond donors (Lipinski definition) is 0. The highest BCUT2D eigenvalue weighted by Crippen LogP contribution is 2.37. The molecule has 0 spiro atoms. The number of rotatable bonds is 3. The minimum atomic E-state index is -0.0715. The molecule has 5 nitrogen and oxygen atoms in total. The first-order chi connectivity index (χ1) is 13.6. The van der Waals surface area contributed by atoms with Crippen molar-refractivity contribution in [3.63, 3.8) is 0 Å². The molecule has 2 aromatic carbocycles. The Morgan fingerprint density at radius 3 is 2.89 bits per heavy atom. The van der Waals surface area contributed by atoms with E-state index < -0.39 is 0 Å². The molecule has 1 saturated heterocycles. The van der Waals surface area contributed by atoms with Gasteiger partial charge in [0.25, 0.3) is 5.91 Å². The maximum atomic E-state index is 12.9. The second-order valence-electron chi connectivity index (χ2n) is 6.96. The van der Waals surface area contributed by atoms with Gasteiger partial charge in [-0.05, 0) is 54.0 Å². The first-order valence-electron chi connectivity index (χ1n) is 9.00. The van der Waals surface area contributed by atoms with Crippen LogP contribution in [0, 0.1) is 0 Å². The van der Waals surface area contributed by atoms with Crippen LogP contribution >= 0.6 is 24.0 Å². The van der Waals surface area contributed by atoms with E-state index in [1.165, 1.54) is 17.3 Å². The molecule has 5 rings (SSSR count). The molecule has 2 aromatic rings. The van der Waals surface area contributed by atoms with Crippen molar-refractivity contribution in [3.8, 4) is 17.2 Å². The molecule has 0 radical (unpaired) electrons. The number of benzene rings is 2. The van der Waals surface area contributed by atoms with Crippen molar-refractivity contribution in [2.24, 2.45) is 0 Å². The molecule has 0 aromatic heterocycles. The van der Waals surface area contributed by atoms with Crippen molar-refractivity contribution in [2.45, 2.75) is 26.0 Å². The van der Waals surface area contributed by atoms with E-state index >= 15 is 0 Å². The fourth-order valence-corrected chi connectivity index (χ4v) is 4.80. The third kappa shape index (κ3) is 3.14. The molecule has 1 atom stereocenters. The Morgan fingerprint density at radius 2 is 2.00 bits per heavy atom. The zero-order chi connectivity index (χ0) is 19.3. The average Bonchev–Trinajstić information content (AvgIpc) is 3.34. The van der Waals surface area contributed by atoms with Crippen LogP contribution in [0.3, 0.4) is 0 Å². The largest absolute Gasteiger partial charge is 0.490 e. The van der Waals surface area contributed by atoms with Gasteiger partial charge < -0.3 is 14.2 Å². The summed E-state index contributed by atoms with van der Waals surface area (Å²) >= 11 is 6.79. The summed E-state index contributed by atoms with van der Waals surface area (Å²) in [6, 6.07) is 11.7. The molecule has 0 unspecified atom stereocenters. The van der Waals surface area contributed by atoms with Gasteiger partial charge in [0.15, 0.2) is 11.5 Å². The van der Waals surface area contributed by atoms with Crippen LogP contribution in [0.15, 0.2) is 41.3 Å². The van der Waals surface area contributed by atoms with E-state index in [0.717, 1.165) is 29.0 Å². The van der Waals surface area contributed by atoms with Gasteiger partial charge in [-0.1, -0.05) is 36.1 Å². The molecule has 1 amide bonds. The molecule has 0 saturated carbocycles. The number of fused-ring (bicyclic) bond motifs is 2. The van der Waals surface area contributed by atoms with Gasteiger partial charge >= 0.3 is 0 Å². The minimum absolute atomic E-state index is 0.0715. The van der Waals surface area contributed by atoms with Crippen LogP contribution in [-0.2, 0) is 17.8 Å². The normalized spacial score (nSPS) is 21.4. The highest BCUT2D eigenvalue weighted by atomic mass is 32.2. The van der Waals surface area contributed by atoms with Gasteiger partial charge in [0.2, 0.25) is 6.79 Å². The number of nitrogens with zero attached hydrogens (tertiary/aromatic N) is 1. The summed E-state index contributed by atoms with van der Waals surface area (Å²) in [6.45, 7) is 2.70. The number of hydrogen-bond acceptors (Lipinski definition) is 6. The Kier molecular flexibility index (Phi) is 4.29. The van der Waals surface area contributed by atoms with Crippen molar-refractivity contribution >= 4 is 40.3 Å². The fraction of sp³-hybridized carbons (Fsp3) is 0.238. The molecular weight excluding hydrogens is 394 g/mol. The highest BCUT2D eigenvalue weighted by Gasteiger charge is 2.32. The molecule has 1 fully saturated rings. The summed E-state index contributed by atoms with van der Waals surface area (Å²) in [6.07, 6.45) is 3.00. The Hall–Kier alpha value is -2.51. The lowest BCUT2D eigenvalue weighted by Gasteiger charge is -2.14. The topological polar surface area (TPSA) is 48.0 Å². The van der Waals surface area contributed by atoms with Crippen LogP contribution in [0.4, 0.5) is 0 Å². The summed E-state index contributed by atoms with van der Waals surface area (Å²) in [5.41, 5.74) is 3.11. The standard InChI is InChI=1S/C21H17NO4S2/c1-12-6-15-7-13(2-4-16(15)26-12)9-19-20(23)22(21(27)28-19)10-14-3-5-17-18(8-14)25-11-24-17/h2-5,7-9,12H,6,10-11H2,1H3/b19-9+/t12-/m0/s1. The molecule has 28 heavy (non-hydrogen) atoms. The quantitative estimate of drug-likeness (QED) is 0.559. The van der Waals surface area contributed by atoms with Crippen LogP contribution in [0.1, 0.15) is 23.6 Å². The Bertz CT molecular complexity index is 1030. The van der Waals surface area contributed by atoms with Gasteiger partial charge in [0.1, 0.15) is 16.2 Å². The van der Waals surface area contributed by atoms with Crippen LogP contribution in [0.25, 0.3) is 6.08 Å². The SMILES string of the molecule is C[C@H]1Cc2cc(/C=C3/SC(=S)N(Cc4ccc5c(c4)OCO5)C3=O)ccc2O1. The van der Waals surface area contributed by atoms with E-state index in [1.807, 2.05) is 36.4 Å². The van der Waals surface area contributed by atoms with E-state index in [1.54, 1.807) is 4.90 Å². The smallest absolute Gasteiger partial charge is 0.266 e. The molecule has 142 valence electrons. The Morgan fingerprint density at radius 1 is 1.18 bits per heavy atom. The minimum Gasteiger partial charge on any atom is -0.490 e. The van der Waals surface area contributed by atoms with E-state index in [-0.39, 0.29) is 18.8 Å². The summed E-state index contributed by atoms with van der Waals surface area (Å²) in [7, 11) is 0. The molecule has 3 heterocycles. The zero-order valence-electron chi connectivity index (χ0n) is 15.1. The predicted molar refractivity (Wildman–Crippen MR) is 112 cm³/mol. The number of carbonyl (C=O) groups is 1. The fourth-order valence-electron chi connectivity index (χ4n) is 3.54. The maximum absolute atomic E-state index is 12.9. The number of ether oxygens (including phenoxy) is 3. The van der Waals surface area contributed by atoms with Crippen LogP contribution in [0.5, 0.6) is 17.2 Å². The summed E-state index contributed by atoms with van der Waals surface area (Å²) < 4.78 is 17.1. The van der Waals surface area contributed by atoms with Crippen LogP contribution < -0.4 is 14.2 Å². The second kappa shape index (κ2) is 6.83. The molecule has 7 heteroatoms. The van der Waals surface area contributed by atoms with Crippen LogP contribution in [0.2, 0.25) is 0 Å². The summed E-state index contributed by atoms with van der Waals surface area (Å²) in [5, 5.41) is 0. The first-order valence-corrected chi connectivity index (χ1v) is 10.2. The molecule has 0 bridgehead atoms. The molecular formula is C21H17NO4S2. The zero-order valence-corrected chi connectivity index (χ0v) is 16.8. The van der Waals surface area contributed by atoms with Crippen molar-refractivity contribution in [1.29, 1.82) is 0 Å². The Labute approximate surface area is 172 Å². The van der Waals surface area contributed by atoms with Crippen molar-refractivity contribution in [1.82, 2.24) is 4.90 Å². The van der Waals surface area contributed by atoms with Crippen molar-refractivity contribution in [2.75, 3.05) is 6.79 Å². The third-order valence-corrected chi connectivity index (χ3v) is 6.25. The second-order valence-corrected chi connectivity index (χ2v) is 8.63. The van der Waals surface area contributed by atoms with Gasteiger partial charge in [-0.15, -0.1) is 0 Å². The highest BCUT2D eigenvalue weighted by molar-refractivity contribution is 8.26. The summed E-state index contributed by atoms with van der Waals surface area (Å²) in [4.78, 5) is 15.2. The van der Waals surface area contributed by atoms with E-state index in [2.05, 4.69) is 13.0 Å². The van der Waals surface area contributed by atoms with E-state index in [9.17, 15) is 4.79 Å². The first kappa shape index (κ1) is 17.6. The van der Waals surface area contributed by atoms with Gasteiger partial charge in [0.05, 0.1) is 11.4 Å². The van der Waals surface area contributed by atoms with E-state index in [4.69, 9.17) is 26.4 Å². The molecule has 3 aliphatic rings. The van der Waals surface area contributed by atoms with Gasteiger partial charge in [-0.3, -0.25) is 9.69 Å². The lowest BCUT2D eigenvalue weighted by molar-refractivity contribution is -0.122. The number of amides is 1. The lowest BCUT2D eigenvalue weighted by Crippen LogP contribution is -2.27. The van der Waals surface area contributed by atoms with Gasteiger partial charge in [-0.25, -0.2) is 0 Å². The van der Waals surface area contributed by atoms with Crippen molar-refractivity contribution < 1.29 is 19.0 Å². The average molecular weight is 412 g/mol. The monoisotopic (exact) mass is 411 g/mol. The lowest BCUT2D eigenvalue weighted by atomic mass is 10.1.